The molecule has 222 valence electrons. The van der Waals surface area contributed by atoms with Gasteiger partial charge < -0.3 is 24.0 Å². The fourth-order valence-electron chi connectivity index (χ4n) is 6.61. The van der Waals surface area contributed by atoms with Crippen molar-refractivity contribution in [3.8, 4) is 23.3 Å². The highest BCUT2D eigenvalue weighted by Gasteiger charge is 2.41. The van der Waals surface area contributed by atoms with Crippen molar-refractivity contribution in [2.75, 3.05) is 41.0 Å². The first kappa shape index (κ1) is 29.4. The third kappa shape index (κ3) is 5.41. The minimum atomic E-state index is -0.660. The number of methoxy groups -OCH3 is 3. The summed E-state index contributed by atoms with van der Waals surface area (Å²) in [5.41, 5.74) is 2.97. The molecule has 2 aromatic rings. The fourth-order valence-corrected chi connectivity index (χ4v) is 6.61. The Bertz CT molecular complexity index is 1410. The zero-order valence-electron chi connectivity index (χ0n) is 24.5. The molecule has 10 heteroatoms. The minimum absolute atomic E-state index is 0.137. The van der Waals surface area contributed by atoms with E-state index in [1.807, 2.05) is 24.3 Å². The van der Waals surface area contributed by atoms with Crippen LogP contribution in [0.5, 0.6) is 17.2 Å². The van der Waals surface area contributed by atoms with E-state index in [1.165, 1.54) is 0 Å². The number of likely N-dealkylation sites (tertiary alicyclic amines) is 1. The average molecular weight is 575 g/mol. The van der Waals surface area contributed by atoms with E-state index >= 15 is 0 Å². The molecule has 42 heavy (non-hydrogen) atoms. The minimum Gasteiger partial charge on any atom is -0.493 e. The van der Waals surface area contributed by atoms with Crippen molar-refractivity contribution < 1.29 is 28.6 Å². The smallest absolute Gasteiger partial charge is 0.255 e. The topological polar surface area (TPSA) is 121 Å². The highest BCUT2D eigenvalue weighted by atomic mass is 16.5. The number of aryl methyl sites for hydroxylation is 1. The molecule has 3 amide bonds. The van der Waals surface area contributed by atoms with Crippen molar-refractivity contribution in [3.05, 3.63) is 52.6 Å². The Labute approximate surface area is 246 Å². The SMILES string of the molecule is COc1ccc(C2(C#N)CCN(CCCCc3cccc4c3CN(C3CCC(=O)NC3=O)C4=O)CC2)c(OC)c1OC. The molecule has 3 heterocycles. The number of hydrogen-bond acceptors (Lipinski definition) is 8. The van der Waals surface area contributed by atoms with E-state index in [4.69, 9.17) is 14.2 Å². The Morgan fingerprint density at radius 2 is 1.76 bits per heavy atom. The van der Waals surface area contributed by atoms with Crippen molar-refractivity contribution >= 4 is 17.7 Å². The number of hydrogen-bond donors (Lipinski definition) is 1. The molecule has 2 saturated heterocycles. The van der Waals surface area contributed by atoms with E-state index in [0.29, 0.717) is 48.6 Å². The summed E-state index contributed by atoms with van der Waals surface area (Å²) in [4.78, 5) is 41.1. The van der Waals surface area contributed by atoms with E-state index in [2.05, 4.69) is 22.4 Å². The summed E-state index contributed by atoms with van der Waals surface area (Å²) in [6, 6.07) is 11.5. The van der Waals surface area contributed by atoms with E-state index in [9.17, 15) is 19.6 Å². The number of nitrogens with zero attached hydrogens (tertiary/aromatic N) is 3. The van der Waals surface area contributed by atoms with Crippen molar-refractivity contribution in [1.29, 1.82) is 5.26 Å². The molecule has 0 bridgehead atoms. The van der Waals surface area contributed by atoms with Gasteiger partial charge in [-0.15, -0.1) is 0 Å². The molecule has 2 aromatic carbocycles. The Balaban J connectivity index is 1.16. The fraction of sp³-hybridized carbons (Fsp3) is 0.500. The maximum atomic E-state index is 13.1. The molecule has 1 unspecified atom stereocenters. The molecule has 3 aliphatic heterocycles. The molecular weight excluding hydrogens is 536 g/mol. The highest BCUT2D eigenvalue weighted by molar-refractivity contribution is 6.05. The Kier molecular flexibility index (Phi) is 8.69. The van der Waals surface area contributed by atoms with Gasteiger partial charge in [-0.25, -0.2) is 0 Å². The third-order valence-corrected chi connectivity index (χ3v) is 8.99. The van der Waals surface area contributed by atoms with Gasteiger partial charge in [-0.1, -0.05) is 12.1 Å². The number of ether oxygens (including phenoxy) is 3. The standard InChI is InChI=1S/C32H38N4O6/c1-40-26-12-10-24(28(41-2)29(26)42-3)32(20-33)14-17-35(18-15-32)16-5-4-7-21-8-6-9-22-23(21)19-36(31(22)39)25-11-13-27(37)34-30(25)38/h6,8-10,12,25H,4-5,7,11,13-19H2,1-3H3,(H,34,37,38). The Morgan fingerprint density at radius 1 is 1.00 bits per heavy atom. The van der Waals surface area contributed by atoms with Crippen molar-refractivity contribution in [1.82, 2.24) is 15.1 Å². The van der Waals surface area contributed by atoms with Crippen molar-refractivity contribution in [3.63, 3.8) is 0 Å². The maximum absolute atomic E-state index is 13.1. The zero-order chi connectivity index (χ0) is 29.9. The number of fused-ring (bicyclic) bond motifs is 1. The van der Waals surface area contributed by atoms with Crippen LogP contribution in [-0.2, 0) is 28.0 Å². The summed E-state index contributed by atoms with van der Waals surface area (Å²) >= 11 is 0. The normalized spacial score (nSPS) is 20.1. The number of rotatable bonds is 10. The average Bonchev–Trinajstić information content (AvgIpc) is 3.35. The van der Waals surface area contributed by atoms with Crippen LogP contribution >= 0.6 is 0 Å². The lowest BCUT2D eigenvalue weighted by molar-refractivity contribution is -0.136. The second-order valence-corrected chi connectivity index (χ2v) is 11.2. The third-order valence-electron chi connectivity index (χ3n) is 8.99. The maximum Gasteiger partial charge on any atom is 0.255 e. The lowest BCUT2D eigenvalue weighted by Gasteiger charge is -2.38. The van der Waals surface area contributed by atoms with Gasteiger partial charge in [-0.2, -0.15) is 5.26 Å². The van der Waals surface area contributed by atoms with E-state index in [-0.39, 0.29) is 24.1 Å². The van der Waals surface area contributed by atoms with Gasteiger partial charge in [0, 0.05) is 24.1 Å². The van der Waals surface area contributed by atoms with Crippen LogP contribution in [0.3, 0.4) is 0 Å². The first-order valence-corrected chi connectivity index (χ1v) is 14.5. The number of nitriles is 1. The molecule has 1 atom stereocenters. The van der Waals surface area contributed by atoms with Gasteiger partial charge >= 0.3 is 0 Å². The second kappa shape index (κ2) is 12.4. The van der Waals surface area contributed by atoms with Gasteiger partial charge in [0.05, 0.1) is 32.8 Å². The van der Waals surface area contributed by atoms with Crippen molar-refractivity contribution in [2.45, 2.75) is 62.9 Å². The lowest BCUT2D eigenvalue weighted by Crippen LogP contribution is -2.52. The number of unbranched alkanes of at least 4 members (excludes halogenated alkanes) is 1. The Morgan fingerprint density at radius 3 is 2.43 bits per heavy atom. The first-order chi connectivity index (χ1) is 20.4. The summed E-state index contributed by atoms with van der Waals surface area (Å²) in [7, 11) is 4.74. The number of carbonyl (C=O) groups is 3. The van der Waals surface area contributed by atoms with Crippen LogP contribution in [0.15, 0.2) is 30.3 Å². The van der Waals surface area contributed by atoms with E-state index in [1.54, 1.807) is 26.2 Å². The molecule has 0 saturated carbocycles. The van der Waals surface area contributed by atoms with E-state index in [0.717, 1.165) is 55.6 Å². The number of carbonyl (C=O) groups excluding carboxylic acids is 3. The van der Waals surface area contributed by atoms with E-state index < -0.39 is 11.5 Å². The predicted molar refractivity (Wildman–Crippen MR) is 154 cm³/mol. The highest BCUT2D eigenvalue weighted by Crippen LogP contribution is 2.47. The van der Waals surface area contributed by atoms with Gasteiger partial charge in [0.2, 0.25) is 17.6 Å². The van der Waals surface area contributed by atoms with Crippen LogP contribution < -0.4 is 19.5 Å². The number of amides is 3. The lowest BCUT2D eigenvalue weighted by atomic mass is 9.73. The summed E-state index contributed by atoms with van der Waals surface area (Å²) in [5.74, 6) is 0.817. The summed E-state index contributed by atoms with van der Waals surface area (Å²) in [5, 5.41) is 12.7. The summed E-state index contributed by atoms with van der Waals surface area (Å²) in [6.07, 6.45) is 4.80. The molecular formula is C32H38N4O6. The van der Waals surface area contributed by atoms with Crippen LogP contribution in [0.2, 0.25) is 0 Å². The van der Waals surface area contributed by atoms with Gasteiger partial charge in [-0.05, 0) is 87.5 Å². The molecule has 5 rings (SSSR count). The first-order valence-electron chi connectivity index (χ1n) is 14.5. The number of imide groups is 1. The van der Waals surface area contributed by atoms with Crippen LogP contribution in [-0.4, -0.2) is 74.5 Å². The molecule has 10 nitrogen and oxygen atoms in total. The molecule has 0 radical (unpaired) electrons. The van der Waals surface area contributed by atoms with Crippen LogP contribution in [0, 0.1) is 11.3 Å². The largest absolute Gasteiger partial charge is 0.493 e. The van der Waals surface area contributed by atoms with Gasteiger partial charge in [0.1, 0.15) is 6.04 Å². The molecule has 2 fully saturated rings. The molecule has 0 aromatic heterocycles. The van der Waals surface area contributed by atoms with Crippen LogP contribution in [0.4, 0.5) is 0 Å². The molecule has 0 spiro atoms. The van der Waals surface area contributed by atoms with Gasteiger partial charge in [0.15, 0.2) is 11.5 Å². The number of benzene rings is 2. The molecule has 3 aliphatic rings. The summed E-state index contributed by atoms with van der Waals surface area (Å²) in [6.45, 7) is 2.95. The zero-order valence-corrected chi connectivity index (χ0v) is 24.5. The number of nitrogens with one attached hydrogen (secondary N) is 1. The second-order valence-electron chi connectivity index (χ2n) is 11.2. The summed E-state index contributed by atoms with van der Waals surface area (Å²) < 4.78 is 16.7. The predicted octanol–water partition coefficient (Wildman–Crippen LogP) is 3.35. The van der Waals surface area contributed by atoms with Gasteiger partial charge in [-0.3, -0.25) is 19.7 Å². The van der Waals surface area contributed by atoms with Crippen LogP contribution in [0.25, 0.3) is 0 Å². The quantitative estimate of drug-likeness (QED) is 0.339. The number of piperidine rings is 2. The molecule has 0 aliphatic carbocycles. The van der Waals surface area contributed by atoms with Crippen molar-refractivity contribution in [2.24, 2.45) is 0 Å². The van der Waals surface area contributed by atoms with Gasteiger partial charge in [0.25, 0.3) is 5.91 Å². The monoisotopic (exact) mass is 574 g/mol. The Hall–Kier alpha value is -4.10. The van der Waals surface area contributed by atoms with Crippen LogP contribution in [0.1, 0.15) is 65.6 Å². The molecule has 1 N–H and O–H groups in total.